The average Bonchev–Trinajstić information content (AvgIpc) is 2.50. The van der Waals surface area contributed by atoms with E-state index in [1.165, 1.54) is 0 Å². The van der Waals surface area contributed by atoms with Crippen LogP contribution in [-0.2, 0) is 0 Å². The summed E-state index contributed by atoms with van der Waals surface area (Å²) in [5.41, 5.74) is 8.38. The van der Waals surface area contributed by atoms with Crippen LogP contribution in [-0.4, -0.2) is 19.9 Å². The first-order chi connectivity index (χ1) is 10.2. The summed E-state index contributed by atoms with van der Waals surface area (Å²) in [5, 5.41) is 3.08. The number of hydrogen-bond acceptors (Lipinski definition) is 6. The van der Waals surface area contributed by atoms with Crippen molar-refractivity contribution in [3.8, 4) is 11.4 Å². The quantitative estimate of drug-likeness (QED) is 0.765. The maximum atomic E-state index is 5.76. The van der Waals surface area contributed by atoms with Gasteiger partial charge in [0.2, 0.25) is 11.9 Å². The van der Waals surface area contributed by atoms with Gasteiger partial charge in [0, 0.05) is 11.3 Å². The monoisotopic (exact) mass is 278 g/mol. The molecule has 1 aromatic carbocycles. The van der Waals surface area contributed by atoms with Crippen molar-refractivity contribution in [2.45, 2.75) is 6.92 Å². The second-order valence-electron chi connectivity index (χ2n) is 4.52. The number of anilines is 3. The molecule has 3 N–H and O–H groups in total. The van der Waals surface area contributed by atoms with Crippen molar-refractivity contribution >= 4 is 17.6 Å². The fourth-order valence-corrected chi connectivity index (χ4v) is 1.84. The molecule has 21 heavy (non-hydrogen) atoms. The second kappa shape index (κ2) is 5.54. The van der Waals surface area contributed by atoms with Gasteiger partial charge in [-0.25, -0.2) is 0 Å². The molecule has 0 radical (unpaired) electrons. The van der Waals surface area contributed by atoms with Crippen LogP contribution in [0.2, 0.25) is 0 Å². The summed E-state index contributed by atoms with van der Waals surface area (Å²) in [5.74, 6) is 1.10. The zero-order valence-electron chi connectivity index (χ0n) is 11.5. The number of aromatic nitrogens is 4. The van der Waals surface area contributed by atoms with Gasteiger partial charge in [0.1, 0.15) is 0 Å². The fraction of sp³-hybridized carbons (Fsp3) is 0.0667. The number of nitrogens with two attached hydrogens (primary N) is 1. The van der Waals surface area contributed by atoms with E-state index >= 15 is 0 Å². The van der Waals surface area contributed by atoms with E-state index in [-0.39, 0.29) is 5.95 Å². The maximum absolute atomic E-state index is 5.76. The van der Waals surface area contributed by atoms with E-state index in [4.69, 9.17) is 5.73 Å². The maximum Gasteiger partial charge on any atom is 0.232 e. The molecule has 6 heteroatoms. The average molecular weight is 278 g/mol. The SMILES string of the molecule is Cc1ccc(Nc2nc(N)nc(-c3ccccc3)n2)cn1. The standard InChI is InChI=1S/C15H14N6/c1-10-7-8-12(9-17-10)18-15-20-13(19-14(16)21-15)11-5-3-2-4-6-11/h2-9H,1H3,(H3,16,18,19,20,21). The van der Waals surface area contributed by atoms with Gasteiger partial charge in [-0.15, -0.1) is 0 Å². The first kappa shape index (κ1) is 13.0. The third-order valence-electron chi connectivity index (χ3n) is 2.85. The normalized spacial score (nSPS) is 10.3. The first-order valence-electron chi connectivity index (χ1n) is 6.47. The molecule has 3 rings (SSSR count). The number of pyridine rings is 1. The van der Waals surface area contributed by atoms with E-state index < -0.39 is 0 Å². The summed E-state index contributed by atoms with van der Waals surface area (Å²) >= 11 is 0. The van der Waals surface area contributed by atoms with Crippen LogP contribution in [0.3, 0.4) is 0 Å². The molecule has 3 aromatic rings. The van der Waals surface area contributed by atoms with Gasteiger partial charge in [0.05, 0.1) is 11.9 Å². The molecule has 0 unspecified atom stereocenters. The molecule has 0 aliphatic heterocycles. The zero-order valence-corrected chi connectivity index (χ0v) is 11.5. The number of benzene rings is 1. The Hall–Kier alpha value is -3.02. The Morgan fingerprint density at radius 3 is 2.48 bits per heavy atom. The van der Waals surface area contributed by atoms with E-state index in [0.29, 0.717) is 11.8 Å². The zero-order chi connectivity index (χ0) is 14.7. The third-order valence-corrected chi connectivity index (χ3v) is 2.85. The van der Waals surface area contributed by atoms with Crippen molar-refractivity contribution in [3.05, 3.63) is 54.4 Å². The Morgan fingerprint density at radius 1 is 0.952 bits per heavy atom. The fourth-order valence-electron chi connectivity index (χ4n) is 1.84. The highest BCUT2D eigenvalue weighted by Crippen LogP contribution is 2.18. The van der Waals surface area contributed by atoms with E-state index in [2.05, 4.69) is 25.3 Å². The lowest BCUT2D eigenvalue weighted by Crippen LogP contribution is -2.05. The van der Waals surface area contributed by atoms with Gasteiger partial charge in [-0.2, -0.15) is 15.0 Å². The van der Waals surface area contributed by atoms with Gasteiger partial charge >= 0.3 is 0 Å². The van der Waals surface area contributed by atoms with Crippen LogP contribution in [0.4, 0.5) is 17.6 Å². The van der Waals surface area contributed by atoms with Crippen molar-refractivity contribution in [2.24, 2.45) is 0 Å². The van der Waals surface area contributed by atoms with Crippen LogP contribution < -0.4 is 11.1 Å². The Bertz CT molecular complexity index is 740. The first-order valence-corrected chi connectivity index (χ1v) is 6.47. The number of rotatable bonds is 3. The molecule has 0 spiro atoms. The molecule has 0 atom stereocenters. The van der Waals surface area contributed by atoms with Gasteiger partial charge in [0.15, 0.2) is 5.82 Å². The van der Waals surface area contributed by atoms with Crippen LogP contribution >= 0.6 is 0 Å². The highest BCUT2D eigenvalue weighted by atomic mass is 15.2. The van der Waals surface area contributed by atoms with Crippen LogP contribution in [0.25, 0.3) is 11.4 Å². The number of nitrogens with one attached hydrogen (secondary N) is 1. The summed E-state index contributed by atoms with van der Waals surface area (Å²) in [7, 11) is 0. The molecule has 2 heterocycles. The number of hydrogen-bond donors (Lipinski definition) is 2. The molecule has 6 nitrogen and oxygen atoms in total. The molecule has 104 valence electrons. The number of nitrogen functional groups attached to an aromatic ring is 1. The van der Waals surface area contributed by atoms with Crippen molar-refractivity contribution in [1.82, 2.24) is 19.9 Å². The third kappa shape index (κ3) is 3.11. The minimum atomic E-state index is 0.173. The van der Waals surface area contributed by atoms with Crippen LogP contribution in [0, 0.1) is 6.92 Å². The molecule has 0 bridgehead atoms. The molecule has 0 amide bonds. The Balaban J connectivity index is 1.93. The van der Waals surface area contributed by atoms with E-state index in [1.54, 1.807) is 6.20 Å². The lowest BCUT2D eigenvalue weighted by atomic mass is 10.2. The van der Waals surface area contributed by atoms with Crippen LogP contribution in [0.15, 0.2) is 48.7 Å². The van der Waals surface area contributed by atoms with Crippen molar-refractivity contribution in [1.29, 1.82) is 0 Å². The summed E-state index contributed by atoms with van der Waals surface area (Å²) in [6.45, 7) is 1.93. The van der Waals surface area contributed by atoms with Crippen molar-refractivity contribution in [2.75, 3.05) is 11.1 Å². The van der Waals surface area contributed by atoms with E-state index in [0.717, 1.165) is 16.9 Å². The van der Waals surface area contributed by atoms with Gasteiger partial charge in [-0.3, -0.25) is 4.98 Å². The molecule has 0 aliphatic carbocycles. The Labute approximate surface area is 122 Å². The number of aryl methyl sites for hydroxylation is 1. The molecular weight excluding hydrogens is 264 g/mol. The molecule has 2 aromatic heterocycles. The second-order valence-corrected chi connectivity index (χ2v) is 4.52. The largest absolute Gasteiger partial charge is 0.368 e. The lowest BCUT2D eigenvalue weighted by Gasteiger charge is -2.07. The summed E-state index contributed by atoms with van der Waals surface area (Å²) in [4.78, 5) is 16.8. The lowest BCUT2D eigenvalue weighted by molar-refractivity contribution is 1.07. The van der Waals surface area contributed by atoms with Gasteiger partial charge in [-0.05, 0) is 19.1 Å². The number of nitrogens with zero attached hydrogens (tertiary/aromatic N) is 4. The van der Waals surface area contributed by atoms with E-state index in [1.807, 2.05) is 49.4 Å². The van der Waals surface area contributed by atoms with E-state index in [9.17, 15) is 0 Å². The van der Waals surface area contributed by atoms with Crippen LogP contribution in [0.1, 0.15) is 5.69 Å². The Morgan fingerprint density at radius 2 is 1.76 bits per heavy atom. The molecule has 0 aliphatic rings. The van der Waals surface area contributed by atoms with Crippen molar-refractivity contribution in [3.63, 3.8) is 0 Å². The molecule has 0 saturated heterocycles. The molecule has 0 fully saturated rings. The van der Waals surface area contributed by atoms with Gasteiger partial charge in [-0.1, -0.05) is 30.3 Å². The summed E-state index contributed by atoms with van der Waals surface area (Å²) < 4.78 is 0. The minimum Gasteiger partial charge on any atom is -0.368 e. The Kier molecular flexibility index (Phi) is 3.42. The van der Waals surface area contributed by atoms with Crippen molar-refractivity contribution < 1.29 is 0 Å². The minimum absolute atomic E-state index is 0.173. The highest BCUT2D eigenvalue weighted by Gasteiger charge is 2.07. The summed E-state index contributed by atoms with van der Waals surface area (Å²) in [6, 6.07) is 13.4. The van der Waals surface area contributed by atoms with Gasteiger partial charge < -0.3 is 11.1 Å². The topological polar surface area (TPSA) is 89.6 Å². The molecule has 0 saturated carbocycles. The predicted octanol–water partition coefficient (Wildman–Crippen LogP) is 2.57. The smallest absolute Gasteiger partial charge is 0.232 e. The highest BCUT2D eigenvalue weighted by molar-refractivity contribution is 5.60. The van der Waals surface area contributed by atoms with Gasteiger partial charge in [0.25, 0.3) is 0 Å². The summed E-state index contributed by atoms with van der Waals surface area (Å²) in [6.07, 6.45) is 1.72. The predicted molar refractivity (Wildman–Crippen MR) is 81.9 cm³/mol. The molecular formula is C15H14N6. The van der Waals surface area contributed by atoms with Crippen LogP contribution in [0.5, 0.6) is 0 Å².